The molecule has 2 heterocycles. The Balaban J connectivity index is 1.92. The van der Waals surface area contributed by atoms with Crippen molar-refractivity contribution in [3.63, 3.8) is 0 Å². The molecule has 1 aliphatic rings. The highest BCUT2D eigenvalue weighted by atomic mass is 32.1. The lowest BCUT2D eigenvalue weighted by Crippen LogP contribution is -2.62. The molecular formula is C23H32N2O3S. The van der Waals surface area contributed by atoms with Crippen LogP contribution < -0.4 is 5.32 Å². The predicted octanol–water partition coefficient (Wildman–Crippen LogP) is 4.07. The number of rotatable bonds is 5. The maximum Gasteiger partial charge on any atom is 0.220 e. The molecule has 1 aromatic carbocycles. The van der Waals surface area contributed by atoms with E-state index in [4.69, 9.17) is 0 Å². The zero-order valence-corrected chi connectivity index (χ0v) is 18.5. The number of para-hydroxylation sites is 1. The van der Waals surface area contributed by atoms with Gasteiger partial charge in [-0.1, -0.05) is 45.0 Å². The van der Waals surface area contributed by atoms with Gasteiger partial charge in [0.15, 0.2) is 0 Å². The van der Waals surface area contributed by atoms with Gasteiger partial charge >= 0.3 is 0 Å². The van der Waals surface area contributed by atoms with Crippen LogP contribution in [0.15, 0.2) is 41.8 Å². The van der Waals surface area contributed by atoms with Crippen LogP contribution in [0.4, 0.5) is 0 Å². The number of aliphatic hydroxyl groups is 1. The van der Waals surface area contributed by atoms with E-state index in [-0.39, 0.29) is 23.1 Å². The van der Waals surface area contributed by atoms with E-state index in [1.165, 1.54) is 0 Å². The van der Waals surface area contributed by atoms with E-state index >= 15 is 0 Å². The molecule has 158 valence electrons. The minimum atomic E-state index is -1.02. The standard InChI is InChI=1S/C23H32N2O3S/c1-22(2,3)14-19(27)24-21-20(18-10-7-13-29-18)25(12-11-23(21,4)28)15-16-8-5-6-9-17(16)26/h5-10,13,20-21,26,28H,11-12,14-15H2,1-4H3,(H,24,27)/t20-,21-,23+/m0/s1. The summed E-state index contributed by atoms with van der Waals surface area (Å²) in [4.78, 5) is 16.1. The number of benzene rings is 1. The average molecular weight is 417 g/mol. The lowest BCUT2D eigenvalue weighted by Gasteiger charge is -2.49. The highest BCUT2D eigenvalue weighted by molar-refractivity contribution is 7.10. The molecule has 3 N–H and O–H groups in total. The van der Waals surface area contributed by atoms with Crippen molar-refractivity contribution in [2.45, 2.75) is 64.8 Å². The van der Waals surface area contributed by atoms with Crippen molar-refractivity contribution in [2.75, 3.05) is 6.54 Å². The Morgan fingerprint density at radius 2 is 2.00 bits per heavy atom. The van der Waals surface area contributed by atoms with Crippen LogP contribution in [0.2, 0.25) is 0 Å². The second-order valence-electron chi connectivity index (χ2n) is 9.45. The Morgan fingerprint density at radius 1 is 1.28 bits per heavy atom. The molecule has 29 heavy (non-hydrogen) atoms. The van der Waals surface area contributed by atoms with Crippen LogP contribution in [0.25, 0.3) is 0 Å². The first-order valence-electron chi connectivity index (χ1n) is 10.1. The fourth-order valence-electron chi connectivity index (χ4n) is 4.00. The number of aromatic hydroxyl groups is 1. The van der Waals surface area contributed by atoms with Crippen LogP contribution in [-0.4, -0.2) is 39.2 Å². The van der Waals surface area contributed by atoms with E-state index in [0.717, 1.165) is 10.4 Å². The second kappa shape index (κ2) is 8.46. The Morgan fingerprint density at radius 3 is 2.62 bits per heavy atom. The van der Waals surface area contributed by atoms with Crippen molar-refractivity contribution in [2.24, 2.45) is 5.41 Å². The molecule has 2 aromatic rings. The number of nitrogens with one attached hydrogen (secondary N) is 1. The molecular weight excluding hydrogens is 384 g/mol. The molecule has 0 bridgehead atoms. The summed E-state index contributed by atoms with van der Waals surface area (Å²) in [5, 5.41) is 26.6. The second-order valence-corrected chi connectivity index (χ2v) is 10.4. The Hall–Kier alpha value is -1.89. The minimum Gasteiger partial charge on any atom is -0.508 e. The first kappa shape index (κ1) is 21.8. The van der Waals surface area contributed by atoms with Crippen molar-refractivity contribution in [1.29, 1.82) is 0 Å². The monoisotopic (exact) mass is 416 g/mol. The van der Waals surface area contributed by atoms with Gasteiger partial charge in [-0.25, -0.2) is 0 Å². The molecule has 0 spiro atoms. The summed E-state index contributed by atoms with van der Waals surface area (Å²) in [6, 6.07) is 10.8. The van der Waals surface area contributed by atoms with Gasteiger partial charge in [0.05, 0.1) is 17.7 Å². The Kier molecular flexibility index (Phi) is 6.36. The zero-order chi connectivity index (χ0) is 21.2. The van der Waals surface area contributed by atoms with Gasteiger partial charge in [-0.3, -0.25) is 9.69 Å². The molecule has 1 amide bonds. The number of hydrogen-bond acceptors (Lipinski definition) is 5. The summed E-state index contributed by atoms with van der Waals surface area (Å²) in [6.07, 6.45) is 0.944. The number of carbonyl (C=O) groups excluding carboxylic acids is 1. The zero-order valence-electron chi connectivity index (χ0n) is 17.7. The normalized spacial score (nSPS) is 25.7. The van der Waals surface area contributed by atoms with Crippen LogP contribution in [0.3, 0.4) is 0 Å². The molecule has 1 fully saturated rings. The number of likely N-dealkylation sites (tertiary alicyclic amines) is 1. The first-order chi connectivity index (χ1) is 13.6. The van der Waals surface area contributed by atoms with Crippen LogP contribution in [0.5, 0.6) is 5.75 Å². The molecule has 1 saturated heterocycles. The molecule has 0 unspecified atom stereocenters. The molecule has 0 aliphatic carbocycles. The van der Waals surface area contributed by atoms with Gasteiger partial charge in [0.2, 0.25) is 5.91 Å². The van der Waals surface area contributed by atoms with Crippen molar-refractivity contribution in [1.82, 2.24) is 10.2 Å². The minimum absolute atomic E-state index is 0.0475. The van der Waals surface area contributed by atoms with E-state index in [0.29, 0.717) is 25.9 Å². The molecule has 0 radical (unpaired) electrons. The maximum absolute atomic E-state index is 12.8. The van der Waals surface area contributed by atoms with E-state index in [1.54, 1.807) is 17.4 Å². The summed E-state index contributed by atoms with van der Waals surface area (Å²) < 4.78 is 0. The third-order valence-corrected chi connectivity index (χ3v) is 6.43. The Labute approximate surface area is 177 Å². The van der Waals surface area contributed by atoms with E-state index < -0.39 is 11.6 Å². The Bertz CT molecular complexity index is 827. The lowest BCUT2D eigenvalue weighted by atomic mass is 9.81. The topological polar surface area (TPSA) is 72.8 Å². The van der Waals surface area contributed by atoms with E-state index in [1.807, 2.05) is 57.3 Å². The van der Waals surface area contributed by atoms with Gasteiger partial charge in [-0.15, -0.1) is 11.3 Å². The summed E-state index contributed by atoms with van der Waals surface area (Å²) in [7, 11) is 0. The highest BCUT2D eigenvalue weighted by Crippen LogP contribution is 2.40. The fraction of sp³-hybridized carbons (Fsp3) is 0.522. The maximum atomic E-state index is 12.8. The molecule has 5 nitrogen and oxygen atoms in total. The summed E-state index contributed by atoms with van der Waals surface area (Å²) in [5.41, 5.74) is -0.300. The van der Waals surface area contributed by atoms with Gasteiger partial charge in [0.1, 0.15) is 5.75 Å². The van der Waals surface area contributed by atoms with Crippen molar-refractivity contribution in [3.05, 3.63) is 52.2 Å². The lowest BCUT2D eigenvalue weighted by molar-refractivity contribution is -0.130. The van der Waals surface area contributed by atoms with Gasteiger partial charge in [-0.05, 0) is 36.3 Å². The van der Waals surface area contributed by atoms with Crippen LogP contribution in [0, 0.1) is 5.41 Å². The highest BCUT2D eigenvalue weighted by Gasteiger charge is 2.46. The third kappa shape index (κ3) is 5.38. The predicted molar refractivity (Wildman–Crippen MR) is 117 cm³/mol. The number of phenols is 1. The van der Waals surface area contributed by atoms with Gasteiger partial charge in [0, 0.05) is 30.0 Å². The van der Waals surface area contributed by atoms with E-state index in [9.17, 15) is 15.0 Å². The van der Waals surface area contributed by atoms with Crippen molar-refractivity contribution < 1.29 is 15.0 Å². The summed E-state index contributed by atoms with van der Waals surface area (Å²) in [5.74, 6) is 0.219. The number of hydrogen-bond donors (Lipinski definition) is 3. The van der Waals surface area contributed by atoms with Crippen molar-refractivity contribution >= 4 is 17.2 Å². The third-order valence-electron chi connectivity index (χ3n) is 5.49. The fourth-order valence-corrected chi connectivity index (χ4v) is 4.90. The van der Waals surface area contributed by atoms with Crippen LogP contribution in [0.1, 0.15) is 57.0 Å². The number of phenolic OH excluding ortho intramolecular Hbond substituents is 1. The van der Waals surface area contributed by atoms with Gasteiger partial charge in [0.25, 0.3) is 0 Å². The summed E-state index contributed by atoms with van der Waals surface area (Å²) >= 11 is 1.63. The average Bonchev–Trinajstić information content (AvgIpc) is 3.12. The molecule has 3 atom stereocenters. The molecule has 0 saturated carbocycles. The van der Waals surface area contributed by atoms with Crippen molar-refractivity contribution in [3.8, 4) is 5.75 Å². The quantitative estimate of drug-likeness (QED) is 0.687. The smallest absolute Gasteiger partial charge is 0.220 e. The number of piperidine rings is 1. The van der Waals surface area contributed by atoms with Gasteiger partial charge in [-0.2, -0.15) is 0 Å². The summed E-state index contributed by atoms with van der Waals surface area (Å²) in [6.45, 7) is 9.14. The molecule has 1 aromatic heterocycles. The molecule has 6 heteroatoms. The number of nitrogens with zero attached hydrogens (tertiary/aromatic N) is 1. The number of thiophene rings is 1. The van der Waals surface area contributed by atoms with Crippen LogP contribution in [-0.2, 0) is 11.3 Å². The first-order valence-corrected chi connectivity index (χ1v) is 11.0. The molecule has 3 rings (SSSR count). The van der Waals surface area contributed by atoms with Crippen LogP contribution >= 0.6 is 11.3 Å². The number of amides is 1. The van der Waals surface area contributed by atoms with E-state index in [2.05, 4.69) is 16.3 Å². The largest absolute Gasteiger partial charge is 0.508 e. The number of carbonyl (C=O) groups is 1. The van der Waals surface area contributed by atoms with Gasteiger partial charge < -0.3 is 15.5 Å². The molecule has 1 aliphatic heterocycles. The SMILES string of the molecule is CC(C)(C)CC(=O)N[C@H]1[C@H](c2cccs2)N(Cc2ccccc2O)CC[C@@]1(C)O.